The van der Waals surface area contributed by atoms with E-state index in [1.165, 1.54) is 11.3 Å². The first-order chi connectivity index (χ1) is 13.6. The molecule has 0 atom stereocenters. The number of thiazole rings is 1. The first-order valence-electron chi connectivity index (χ1n) is 10.1. The lowest BCUT2D eigenvalue weighted by Crippen LogP contribution is -2.63. The molecule has 3 heterocycles. The molecule has 0 radical (unpaired) electrons. The van der Waals surface area contributed by atoms with Gasteiger partial charge in [0.15, 0.2) is 5.13 Å². The summed E-state index contributed by atoms with van der Waals surface area (Å²) >= 11 is 1.50. The number of piperidine rings is 1. The minimum atomic E-state index is -0.561. The van der Waals surface area contributed by atoms with Gasteiger partial charge in [-0.05, 0) is 37.8 Å². The SMILES string of the molecule is C.Nc1nc(CCN2CCC3(CC2)CN(c2ccccc2)C(=O)C2(CC2)O3)cs1. The number of rotatable bonds is 4. The van der Waals surface area contributed by atoms with Crippen molar-refractivity contribution in [2.24, 2.45) is 0 Å². The summed E-state index contributed by atoms with van der Waals surface area (Å²) in [5.74, 6) is 0.146. The van der Waals surface area contributed by atoms with E-state index in [4.69, 9.17) is 10.5 Å². The average molecular weight is 415 g/mol. The molecule has 156 valence electrons. The van der Waals surface area contributed by atoms with Crippen molar-refractivity contribution in [3.05, 3.63) is 41.4 Å². The first kappa shape index (κ1) is 20.3. The molecule has 2 saturated heterocycles. The Balaban J connectivity index is 0.00000205. The van der Waals surface area contributed by atoms with Crippen LogP contribution in [0.5, 0.6) is 0 Å². The molecule has 2 N–H and O–H groups in total. The zero-order valence-electron chi connectivity index (χ0n) is 16.0. The quantitative estimate of drug-likeness (QED) is 0.831. The van der Waals surface area contributed by atoms with E-state index in [1.807, 2.05) is 40.6 Å². The molecule has 7 heteroatoms. The van der Waals surface area contributed by atoms with Crippen molar-refractivity contribution in [2.45, 2.75) is 50.7 Å². The minimum absolute atomic E-state index is 0. The van der Waals surface area contributed by atoms with Crippen LogP contribution in [0.25, 0.3) is 0 Å². The van der Waals surface area contributed by atoms with Crippen LogP contribution in [0.2, 0.25) is 0 Å². The number of hydrogen-bond acceptors (Lipinski definition) is 6. The zero-order valence-corrected chi connectivity index (χ0v) is 16.8. The van der Waals surface area contributed by atoms with Crippen LogP contribution < -0.4 is 10.6 Å². The molecule has 2 spiro atoms. The summed E-state index contributed by atoms with van der Waals surface area (Å²) in [5, 5.41) is 2.69. The van der Waals surface area contributed by atoms with Crippen LogP contribution in [0.4, 0.5) is 10.8 Å². The lowest BCUT2D eigenvalue weighted by Gasteiger charge is -2.50. The summed E-state index contributed by atoms with van der Waals surface area (Å²) in [6.07, 6.45) is 4.56. The number of para-hydroxylation sites is 1. The number of anilines is 2. The molecule has 29 heavy (non-hydrogen) atoms. The van der Waals surface area contributed by atoms with Gasteiger partial charge in [0.2, 0.25) is 0 Å². The summed E-state index contributed by atoms with van der Waals surface area (Å²) in [6, 6.07) is 10.0. The Morgan fingerprint density at radius 2 is 1.86 bits per heavy atom. The highest BCUT2D eigenvalue weighted by Crippen LogP contribution is 2.50. The molecule has 6 nitrogen and oxygen atoms in total. The maximum Gasteiger partial charge on any atom is 0.259 e. The molecule has 1 aromatic carbocycles. The highest BCUT2D eigenvalue weighted by Gasteiger charge is 2.62. The normalized spacial score (nSPS) is 22.6. The number of carbonyl (C=O) groups excluding carboxylic acids is 1. The van der Waals surface area contributed by atoms with Crippen molar-refractivity contribution in [3.8, 4) is 0 Å². The van der Waals surface area contributed by atoms with E-state index in [-0.39, 0.29) is 18.9 Å². The number of ether oxygens (including phenoxy) is 1. The molecule has 1 aliphatic carbocycles. The number of hydrogen-bond donors (Lipinski definition) is 1. The van der Waals surface area contributed by atoms with Crippen LogP contribution in [0.1, 0.15) is 38.8 Å². The monoisotopic (exact) mass is 414 g/mol. The Kier molecular flexibility index (Phi) is 5.40. The predicted octanol–water partition coefficient (Wildman–Crippen LogP) is 3.33. The largest absolute Gasteiger partial charge is 0.375 e. The lowest BCUT2D eigenvalue weighted by molar-refractivity contribution is -0.172. The van der Waals surface area contributed by atoms with Gasteiger partial charge in [0.25, 0.3) is 5.91 Å². The second-order valence-electron chi connectivity index (χ2n) is 8.27. The number of likely N-dealkylation sites (tertiary alicyclic amines) is 1. The summed E-state index contributed by atoms with van der Waals surface area (Å²) in [5.41, 5.74) is 7.02. The van der Waals surface area contributed by atoms with Crippen molar-refractivity contribution >= 4 is 28.1 Å². The van der Waals surface area contributed by atoms with E-state index < -0.39 is 5.60 Å². The maximum atomic E-state index is 13.0. The number of amides is 1. The third-order valence-electron chi connectivity index (χ3n) is 6.29. The standard InChI is InChI=1S/C21H26N4O2S.CH4/c22-19-23-16(14-28-19)6-11-24-12-9-20(10-13-24)15-25(17-4-2-1-3-5-17)18(26)21(27-20)7-8-21;/h1-5,14H,6-13,15H2,(H2,22,23);1H4. The van der Waals surface area contributed by atoms with E-state index in [1.54, 1.807) is 0 Å². The number of aromatic nitrogens is 1. The number of benzene rings is 1. The molecule has 0 unspecified atom stereocenters. The van der Waals surface area contributed by atoms with Gasteiger partial charge in [-0.3, -0.25) is 4.79 Å². The molecule has 3 fully saturated rings. The van der Waals surface area contributed by atoms with E-state index in [9.17, 15) is 4.79 Å². The molecular weight excluding hydrogens is 384 g/mol. The first-order valence-corrected chi connectivity index (χ1v) is 11.0. The average Bonchev–Trinajstić information content (AvgIpc) is 3.36. The fraction of sp³-hybridized carbons (Fsp3) is 0.545. The smallest absolute Gasteiger partial charge is 0.259 e. The van der Waals surface area contributed by atoms with Gasteiger partial charge in [0, 0.05) is 37.1 Å². The van der Waals surface area contributed by atoms with Crippen LogP contribution in [0.3, 0.4) is 0 Å². The molecule has 1 saturated carbocycles. The minimum Gasteiger partial charge on any atom is -0.375 e. The molecule has 5 rings (SSSR count). The molecular formula is C22H30N4O2S. The Morgan fingerprint density at radius 1 is 1.14 bits per heavy atom. The highest BCUT2D eigenvalue weighted by molar-refractivity contribution is 7.13. The Bertz CT molecular complexity index is 857. The predicted molar refractivity (Wildman–Crippen MR) is 117 cm³/mol. The molecule has 1 amide bonds. The van der Waals surface area contributed by atoms with Crippen LogP contribution in [-0.2, 0) is 16.0 Å². The van der Waals surface area contributed by atoms with Crippen LogP contribution in [-0.4, -0.2) is 53.2 Å². The van der Waals surface area contributed by atoms with Crippen molar-refractivity contribution in [1.82, 2.24) is 9.88 Å². The van der Waals surface area contributed by atoms with Crippen LogP contribution in [0.15, 0.2) is 35.7 Å². The summed E-state index contributed by atoms with van der Waals surface area (Å²) < 4.78 is 6.55. The van der Waals surface area contributed by atoms with Gasteiger partial charge < -0.3 is 20.3 Å². The van der Waals surface area contributed by atoms with Crippen molar-refractivity contribution in [1.29, 1.82) is 0 Å². The number of nitrogens with zero attached hydrogens (tertiary/aromatic N) is 3. The zero-order chi connectivity index (χ0) is 19.2. The van der Waals surface area contributed by atoms with Gasteiger partial charge >= 0.3 is 0 Å². The Hall–Kier alpha value is -1.96. The Labute approximate surface area is 176 Å². The molecule has 2 aliphatic heterocycles. The van der Waals surface area contributed by atoms with Crippen molar-refractivity contribution in [2.75, 3.05) is 36.8 Å². The number of nitrogen functional groups attached to an aromatic ring is 1. The molecule has 3 aliphatic rings. The van der Waals surface area contributed by atoms with Crippen molar-refractivity contribution < 1.29 is 9.53 Å². The summed E-state index contributed by atoms with van der Waals surface area (Å²) in [6.45, 7) is 3.64. The fourth-order valence-corrected chi connectivity index (χ4v) is 5.09. The number of carbonyl (C=O) groups is 1. The maximum absolute atomic E-state index is 13.0. The van der Waals surface area contributed by atoms with Gasteiger partial charge in [-0.15, -0.1) is 11.3 Å². The van der Waals surface area contributed by atoms with E-state index in [0.29, 0.717) is 11.7 Å². The van der Waals surface area contributed by atoms with Gasteiger partial charge in [-0.1, -0.05) is 25.6 Å². The second-order valence-corrected chi connectivity index (χ2v) is 9.16. The van der Waals surface area contributed by atoms with Gasteiger partial charge in [0.05, 0.1) is 17.8 Å². The highest BCUT2D eigenvalue weighted by atomic mass is 32.1. The second kappa shape index (κ2) is 7.70. The van der Waals surface area contributed by atoms with E-state index in [2.05, 4.69) is 9.88 Å². The van der Waals surface area contributed by atoms with E-state index >= 15 is 0 Å². The fourth-order valence-electron chi connectivity index (χ4n) is 4.50. The van der Waals surface area contributed by atoms with Crippen molar-refractivity contribution in [3.63, 3.8) is 0 Å². The molecule has 0 bridgehead atoms. The molecule has 2 aromatic rings. The Morgan fingerprint density at radius 3 is 2.48 bits per heavy atom. The summed E-state index contributed by atoms with van der Waals surface area (Å²) in [4.78, 5) is 21.8. The third-order valence-corrected chi connectivity index (χ3v) is 7.01. The lowest BCUT2D eigenvalue weighted by atomic mass is 9.87. The number of morpholine rings is 1. The van der Waals surface area contributed by atoms with Gasteiger partial charge in [0.1, 0.15) is 5.60 Å². The van der Waals surface area contributed by atoms with Gasteiger partial charge in [-0.2, -0.15) is 0 Å². The molecule has 1 aromatic heterocycles. The van der Waals surface area contributed by atoms with Crippen LogP contribution >= 0.6 is 11.3 Å². The number of nitrogens with two attached hydrogens (primary N) is 1. The van der Waals surface area contributed by atoms with Gasteiger partial charge in [-0.25, -0.2) is 4.98 Å². The van der Waals surface area contributed by atoms with Crippen LogP contribution in [0, 0.1) is 0 Å². The van der Waals surface area contributed by atoms with E-state index in [0.717, 1.165) is 63.1 Å². The topological polar surface area (TPSA) is 71.7 Å². The third kappa shape index (κ3) is 3.91. The summed E-state index contributed by atoms with van der Waals surface area (Å²) in [7, 11) is 0.